The van der Waals surface area contributed by atoms with E-state index in [2.05, 4.69) is 20.5 Å². The molecule has 0 spiro atoms. The number of aromatic nitrogens is 3. The van der Waals surface area contributed by atoms with Gasteiger partial charge in [0.1, 0.15) is 23.8 Å². The molecule has 38 heavy (non-hydrogen) atoms. The summed E-state index contributed by atoms with van der Waals surface area (Å²) in [6.07, 6.45) is 0.236. The minimum absolute atomic E-state index is 0.00732. The number of H-pyrrole nitrogens is 1. The monoisotopic (exact) mass is 546 g/mol. The van der Waals surface area contributed by atoms with Crippen LogP contribution in [0.15, 0.2) is 48.8 Å². The van der Waals surface area contributed by atoms with E-state index in [0.29, 0.717) is 11.4 Å². The van der Waals surface area contributed by atoms with Crippen molar-refractivity contribution in [3.63, 3.8) is 0 Å². The number of halogens is 2. The van der Waals surface area contributed by atoms with Gasteiger partial charge in [-0.05, 0) is 61.4 Å². The maximum atomic E-state index is 15.3. The molecule has 1 saturated heterocycles. The third-order valence-electron chi connectivity index (χ3n) is 8.19. The van der Waals surface area contributed by atoms with Crippen molar-refractivity contribution in [2.24, 2.45) is 5.41 Å². The molecule has 0 bridgehead atoms. The molecule has 1 aliphatic heterocycles. The molecule has 8 nitrogen and oxygen atoms in total. The summed E-state index contributed by atoms with van der Waals surface area (Å²) in [5, 5.41) is 28.9. The Morgan fingerprint density at radius 2 is 1.82 bits per heavy atom. The molecule has 4 N–H and O–H groups in total. The van der Waals surface area contributed by atoms with E-state index >= 15 is 8.78 Å². The Bertz CT molecular complexity index is 1370. The van der Waals surface area contributed by atoms with E-state index in [1.54, 1.807) is 31.2 Å². The van der Waals surface area contributed by atoms with Gasteiger partial charge in [-0.2, -0.15) is 5.10 Å². The van der Waals surface area contributed by atoms with Crippen LogP contribution < -0.4 is 5.32 Å². The van der Waals surface area contributed by atoms with Crippen LogP contribution in [0, 0.1) is 17.0 Å². The molecule has 1 aromatic heterocycles. The van der Waals surface area contributed by atoms with E-state index in [1.807, 2.05) is 6.07 Å². The minimum Gasteiger partial charge on any atom is -0.393 e. The summed E-state index contributed by atoms with van der Waals surface area (Å²) in [4.78, 5) is 4.02. The highest BCUT2D eigenvalue weighted by Crippen LogP contribution is 2.48. The van der Waals surface area contributed by atoms with Crippen LogP contribution in [-0.4, -0.2) is 63.9 Å². The van der Waals surface area contributed by atoms with Gasteiger partial charge < -0.3 is 15.5 Å². The number of aliphatic hydroxyl groups is 2. The van der Waals surface area contributed by atoms with Crippen molar-refractivity contribution < 1.29 is 27.4 Å². The number of benzene rings is 2. The van der Waals surface area contributed by atoms with E-state index in [0.717, 1.165) is 12.1 Å². The van der Waals surface area contributed by atoms with E-state index in [4.69, 9.17) is 0 Å². The van der Waals surface area contributed by atoms with Gasteiger partial charge in [0.2, 0.25) is 0 Å². The standard InChI is InChI=1S/C27H32F2N4O4S/c1-16-23(38(36,37)24(14-30-16)17-5-3-2-4-6-17)9-18-7-22(29)19(8-21(18)28)11-27(12-20(34)13-27)25(35)10-26-31-15-32-33-26/h2-8,15-16,20,23-25,30,34-35H,9-14H2,1H3,(H,31,32,33)/t16-,20?,23?,24-,25-,27?/m0/s1. The van der Waals surface area contributed by atoms with Gasteiger partial charge >= 0.3 is 0 Å². The van der Waals surface area contributed by atoms with Gasteiger partial charge in [0, 0.05) is 24.4 Å². The van der Waals surface area contributed by atoms with Crippen molar-refractivity contribution in [3.8, 4) is 0 Å². The lowest BCUT2D eigenvalue weighted by molar-refractivity contribution is -0.108. The Kier molecular flexibility index (Phi) is 7.38. The van der Waals surface area contributed by atoms with Crippen LogP contribution in [0.5, 0.6) is 0 Å². The number of aliphatic hydroxyl groups excluding tert-OH is 2. The quantitative estimate of drug-likeness (QED) is 0.342. The van der Waals surface area contributed by atoms with Crippen molar-refractivity contribution in [2.45, 2.75) is 67.8 Å². The predicted molar refractivity (Wildman–Crippen MR) is 137 cm³/mol. The summed E-state index contributed by atoms with van der Waals surface area (Å²) in [5.74, 6) is -0.890. The van der Waals surface area contributed by atoms with Gasteiger partial charge in [-0.3, -0.25) is 5.10 Å². The molecule has 1 aliphatic carbocycles. The molecular formula is C27H32F2N4O4S. The molecule has 0 radical (unpaired) electrons. The second kappa shape index (κ2) is 10.4. The lowest BCUT2D eigenvalue weighted by Crippen LogP contribution is -2.53. The molecule has 2 aromatic carbocycles. The molecule has 3 aromatic rings. The largest absolute Gasteiger partial charge is 0.393 e. The van der Waals surface area contributed by atoms with Gasteiger partial charge in [-0.25, -0.2) is 22.2 Å². The molecular weight excluding hydrogens is 514 g/mol. The number of aromatic amines is 1. The summed E-state index contributed by atoms with van der Waals surface area (Å²) in [6.45, 7) is 2.00. The third kappa shape index (κ3) is 5.12. The number of hydrogen-bond acceptors (Lipinski definition) is 7. The van der Waals surface area contributed by atoms with Gasteiger partial charge in [-0.15, -0.1) is 0 Å². The Balaban J connectivity index is 1.37. The maximum Gasteiger partial charge on any atom is 0.163 e. The highest BCUT2D eigenvalue weighted by atomic mass is 32.2. The lowest BCUT2D eigenvalue weighted by Gasteiger charge is -2.48. The zero-order chi connectivity index (χ0) is 27.1. The van der Waals surface area contributed by atoms with Crippen LogP contribution in [0.1, 0.15) is 47.5 Å². The molecule has 4 atom stereocenters. The van der Waals surface area contributed by atoms with E-state index in [9.17, 15) is 18.6 Å². The zero-order valence-electron chi connectivity index (χ0n) is 21.0. The minimum atomic E-state index is -3.70. The van der Waals surface area contributed by atoms with Crippen LogP contribution in [0.3, 0.4) is 0 Å². The number of nitrogens with one attached hydrogen (secondary N) is 2. The van der Waals surface area contributed by atoms with Crippen molar-refractivity contribution in [1.29, 1.82) is 0 Å². The summed E-state index contributed by atoms with van der Waals surface area (Å²) in [6, 6.07) is 10.6. The topological polar surface area (TPSA) is 128 Å². The molecule has 0 amide bonds. The van der Waals surface area contributed by atoms with E-state index < -0.39 is 55.6 Å². The molecule has 204 valence electrons. The van der Waals surface area contributed by atoms with Crippen molar-refractivity contribution in [1.82, 2.24) is 20.5 Å². The number of rotatable bonds is 8. The molecule has 1 saturated carbocycles. The fraction of sp³-hybridized carbons (Fsp3) is 0.481. The molecule has 2 fully saturated rings. The SMILES string of the molecule is C[C@@H]1NC[C@@H](c2ccccc2)S(=O)(=O)C1Cc1cc(F)c(CC2([C@@H](O)Cc3ncn[nH]3)CC(O)C2)cc1F. The molecule has 1 unspecified atom stereocenters. The first kappa shape index (κ1) is 26.9. The van der Waals surface area contributed by atoms with Gasteiger partial charge in [0.05, 0.1) is 22.7 Å². The average Bonchev–Trinajstić information content (AvgIpc) is 3.36. The normalized spacial score (nSPS) is 29.5. The molecule has 11 heteroatoms. The van der Waals surface area contributed by atoms with Crippen LogP contribution in [0.4, 0.5) is 8.78 Å². The molecule has 5 rings (SSSR count). The third-order valence-corrected chi connectivity index (χ3v) is 10.8. The smallest absolute Gasteiger partial charge is 0.163 e. The Hall–Kier alpha value is -2.73. The summed E-state index contributed by atoms with van der Waals surface area (Å²) in [7, 11) is -3.70. The zero-order valence-corrected chi connectivity index (χ0v) is 21.8. The van der Waals surface area contributed by atoms with Crippen molar-refractivity contribution in [3.05, 3.63) is 82.9 Å². The summed E-state index contributed by atoms with van der Waals surface area (Å²) >= 11 is 0. The highest BCUT2D eigenvalue weighted by molar-refractivity contribution is 7.92. The first-order valence-corrected chi connectivity index (χ1v) is 14.4. The van der Waals surface area contributed by atoms with Crippen LogP contribution in [-0.2, 0) is 29.1 Å². The van der Waals surface area contributed by atoms with Crippen molar-refractivity contribution in [2.75, 3.05) is 6.54 Å². The number of hydrogen-bond donors (Lipinski definition) is 4. The Labute approximate surface area is 220 Å². The number of sulfone groups is 1. The first-order valence-electron chi connectivity index (χ1n) is 12.8. The van der Waals surface area contributed by atoms with Gasteiger partial charge in [0.15, 0.2) is 9.84 Å². The van der Waals surface area contributed by atoms with Crippen LogP contribution >= 0.6 is 0 Å². The second-order valence-electron chi connectivity index (χ2n) is 10.7. The lowest BCUT2D eigenvalue weighted by atomic mass is 9.59. The number of nitrogens with zero attached hydrogens (tertiary/aromatic N) is 2. The second-order valence-corrected chi connectivity index (χ2v) is 13.1. The average molecular weight is 547 g/mol. The Morgan fingerprint density at radius 3 is 2.47 bits per heavy atom. The fourth-order valence-electron chi connectivity index (χ4n) is 5.96. The van der Waals surface area contributed by atoms with Crippen molar-refractivity contribution >= 4 is 9.84 Å². The van der Waals surface area contributed by atoms with Gasteiger partial charge in [-0.1, -0.05) is 30.3 Å². The van der Waals surface area contributed by atoms with Crippen LogP contribution in [0.25, 0.3) is 0 Å². The van der Waals surface area contributed by atoms with Crippen LogP contribution in [0.2, 0.25) is 0 Å². The van der Waals surface area contributed by atoms with E-state index in [1.165, 1.54) is 6.33 Å². The first-order chi connectivity index (χ1) is 18.1. The fourth-order valence-corrected chi connectivity index (χ4v) is 8.33. The summed E-state index contributed by atoms with van der Waals surface area (Å²) < 4.78 is 57.8. The molecule has 2 aliphatic rings. The maximum absolute atomic E-state index is 15.3. The predicted octanol–water partition coefficient (Wildman–Crippen LogP) is 2.43. The molecule has 2 heterocycles. The highest BCUT2D eigenvalue weighted by Gasteiger charge is 2.49. The van der Waals surface area contributed by atoms with Gasteiger partial charge in [0.25, 0.3) is 0 Å². The van der Waals surface area contributed by atoms with E-state index in [-0.39, 0.29) is 49.8 Å². The summed E-state index contributed by atoms with van der Waals surface area (Å²) in [5.41, 5.74) is -0.104. The Morgan fingerprint density at radius 1 is 1.13 bits per heavy atom.